The molecular weight excluding hydrogens is 436 g/mol. The Labute approximate surface area is 195 Å². The van der Waals surface area contributed by atoms with E-state index in [1.54, 1.807) is 35.8 Å². The number of fused-ring (bicyclic) bond motifs is 1. The molecule has 0 N–H and O–H groups in total. The molecule has 7 heteroatoms. The minimum Gasteiger partial charge on any atom is -0.548 e. The number of aromatic nitrogens is 1. The number of aryl methyl sites for hydroxylation is 1. The molecule has 0 aliphatic rings. The molecule has 4 rings (SSSR count). The van der Waals surface area contributed by atoms with Crippen LogP contribution in [-0.4, -0.2) is 16.4 Å². The van der Waals surface area contributed by atoms with Gasteiger partial charge in [-0.15, -0.1) is 0 Å². The molecule has 0 aliphatic carbocycles. The second-order valence-corrected chi connectivity index (χ2v) is 8.69. The molecule has 6 nitrogen and oxygen atoms in total. The van der Waals surface area contributed by atoms with E-state index in [9.17, 15) is 14.7 Å². The zero-order valence-corrected chi connectivity index (χ0v) is 19.2. The number of carboxylic acids is 1. The molecule has 1 amide bonds. The highest BCUT2D eigenvalue weighted by Crippen LogP contribution is 2.27. The van der Waals surface area contributed by atoms with Crippen LogP contribution in [0.15, 0.2) is 77.8 Å². The number of aliphatic carboxylic acids is 1. The molecule has 0 aliphatic heterocycles. The van der Waals surface area contributed by atoms with Crippen LogP contribution in [0.3, 0.4) is 0 Å². The lowest BCUT2D eigenvalue weighted by atomic mass is 10.1. The zero-order chi connectivity index (χ0) is 23.4. The van der Waals surface area contributed by atoms with E-state index in [0.717, 1.165) is 15.8 Å². The van der Waals surface area contributed by atoms with E-state index in [0.29, 0.717) is 34.7 Å². The third-order valence-electron chi connectivity index (χ3n) is 5.31. The molecule has 1 unspecified atom stereocenters. The number of nitrogens with zero attached hydrogens (tertiary/aromatic N) is 2. The Morgan fingerprint density at radius 1 is 1.06 bits per heavy atom. The number of hydrogen-bond acceptors (Lipinski definition) is 5. The molecule has 0 radical (unpaired) electrons. The summed E-state index contributed by atoms with van der Waals surface area (Å²) in [6.07, 6.45) is 0.298. The van der Waals surface area contributed by atoms with Crippen molar-refractivity contribution in [1.82, 2.24) is 4.57 Å². The fourth-order valence-corrected chi connectivity index (χ4v) is 4.63. The number of carbonyl (C=O) groups excluding carboxylic acids is 2. The van der Waals surface area contributed by atoms with Gasteiger partial charge in [-0.3, -0.25) is 4.79 Å². The van der Waals surface area contributed by atoms with Crippen molar-refractivity contribution in [2.75, 3.05) is 0 Å². The molecule has 3 aromatic carbocycles. The van der Waals surface area contributed by atoms with Crippen molar-refractivity contribution in [3.63, 3.8) is 0 Å². The Morgan fingerprint density at radius 2 is 1.79 bits per heavy atom. The molecule has 0 fully saturated rings. The van der Waals surface area contributed by atoms with Crippen LogP contribution in [0.5, 0.6) is 5.75 Å². The van der Waals surface area contributed by atoms with Gasteiger partial charge in [0.25, 0.3) is 5.91 Å². The van der Waals surface area contributed by atoms with Crippen LogP contribution < -0.4 is 14.6 Å². The van der Waals surface area contributed by atoms with Crippen LogP contribution >= 0.6 is 11.3 Å². The lowest BCUT2D eigenvalue weighted by Crippen LogP contribution is -2.36. The highest BCUT2D eigenvalue weighted by Gasteiger charge is 2.18. The topological polar surface area (TPSA) is 83.7 Å². The molecule has 1 aromatic heterocycles. The minimum atomic E-state index is -1.22. The Kier molecular flexibility index (Phi) is 6.70. The van der Waals surface area contributed by atoms with Gasteiger partial charge in [0.15, 0.2) is 4.80 Å². The summed E-state index contributed by atoms with van der Waals surface area (Å²) in [6.45, 7) is 4.12. The molecule has 1 atom stereocenters. The average molecular weight is 460 g/mol. The first kappa shape index (κ1) is 22.5. The van der Waals surface area contributed by atoms with Crippen LogP contribution in [0.1, 0.15) is 40.9 Å². The van der Waals surface area contributed by atoms with E-state index in [4.69, 9.17) is 4.74 Å². The monoisotopic (exact) mass is 459 g/mol. The van der Waals surface area contributed by atoms with Crippen LogP contribution in [0.2, 0.25) is 0 Å². The molecule has 0 saturated carbocycles. The standard InChI is InChI=1S/C26H24N2O4S/c1-3-21(25(30)31)28-22-14-13-20(32-16-18-7-5-4-6-8-18)15-23(22)33-26(28)27-24(29)19-11-9-17(2)10-12-19/h4-15,21H,3,16H2,1-2H3,(H,30,31)/p-1. The second kappa shape index (κ2) is 9.83. The van der Waals surface area contributed by atoms with Gasteiger partial charge in [0.1, 0.15) is 12.4 Å². The van der Waals surface area contributed by atoms with Gasteiger partial charge in [-0.05, 0) is 49.2 Å². The van der Waals surface area contributed by atoms with Crippen LogP contribution in [0.4, 0.5) is 0 Å². The van der Waals surface area contributed by atoms with Crippen molar-refractivity contribution in [3.8, 4) is 5.75 Å². The summed E-state index contributed by atoms with van der Waals surface area (Å²) in [5, 5.41) is 11.9. The first-order valence-electron chi connectivity index (χ1n) is 10.6. The van der Waals surface area contributed by atoms with E-state index < -0.39 is 17.9 Å². The molecule has 4 aromatic rings. The van der Waals surface area contributed by atoms with Crippen LogP contribution in [-0.2, 0) is 11.4 Å². The lowest BCUT2D eigenvalue weighted by Gasteiger charge is -2.19. The Hall–Kier alpha value is -3.71. The summed E-state index contributed by atoms with van der Waals surface area (Å²) in [5.41, 5.74) is 3.19. The Morgan fingerprint density at radius 3 is 2.45 bits per heavy atom. The van der Waals surface area contributed by atoms with Gasteiger partial charge in [0, 0.05) is 5.56 Å². The van der Waals surface area contributed by atoms with E-state index in [-0.39, 0.29) is 0 Å². The van der Waals surface area contributed by atoms with Crippen LogP contribution in [0, 0.1) is 6.92 Å². The van der Waals surface area contributed by atoms with E-state index >= 15 is 0 Å². The third-order valence-corrected chi connectivity index (χ3v) is 6.33. The van der Waals surface area contributed by atoms with Gasteiger partial charge in [-0.1, -0.05) is 66.3 Å². The quantitative estimate of drug-likeness (QED) is 0.418. The lowest BCUT2D eigenvalue weighted by molar-refractivity contribution is -0.310. The molecule has 0 spiro atoms. The van der Waals surface area contributed by atoms with Crippen molar-refractivity contribution in [1.29, 1.82) is 0 Å². The molecule has 168 valence electrons. The summed E-state index contributed by atoms with van der Waals surface area (Å²) in [7, 11) is 0. The van der Waals surface area contributed by atoms with Gasteiger partial charge in [-0.25, -0.2) is 0 Å². The smallest absolute Gasteiger partial charge is 0.279 e. The first-order chi connectivity index (χ1) is 16.0. The van der Waals surface area contributed by atoms with E-state index in [1.807, 2.05) is 55.5 Å². The number of ether oxygens (including phenoxy) is 1. The normalized spacial score (nSPS) is 12.6. The van der Waals surface area contributed by atoms with Crippen molar-refractivity contribution in [3.05, 3.63) is 94.3 Å². The first-order valence-corrected chi connectivity index (χ1v) is 11.5. The predicted octanol–water partition coefficient (Wildman–Crippen LogP) is 4.03. The van der Waals surface area contributed by atoms with E-state index in [1.165, 1.54) is 11.3 Å². The van der Waals surface area contributed by atoms with Gasteiger partial charge >= 0.3 is 0 Å². The summed E-state index contributed by atoms with van der Waals surface area (Å²) in [6, 6.07) is 21.4. The third kappa shape index (κ3) is 5.04. The van der Waals surface area contributed by atoms with Gasteiger partial charge < -0.3 is 19.2 Å². The van der Waals surface area contributed by atoms with Crippen molar-refractivity contribution in [2.24, 2.45) is 4.99 Å². The Balaban J connectivity index is 1.76. The fourth-order valence-electron chi connectivity index (χ4n) is 3.54. The minimum absolute atomic E-state index is 0.298. The maximum absolute atomic E-state index is 12.8. The van der Waals surface area contributed by atoms with Gasteiger partial charge in [0.05, 0.1) is 22.2 Å². The summed E-state index contributed by atoms with van der Waals surface area (Å²) >= 11 is 1.25. The molecule has 0 saturated heterocycles. The van der Waals surface area contributed by atoms with Crippen molar-refractivity contribution < 1.29 is 19.4 Å². The zero-order valence-electron chi connectivity index (χ0n) is 18.4. The Bertz CT molecular complexity index is 1350. The number of carboxylic acid groups (broad SMARTS) is 1. The number of benzene rings is 3. The summed E-state index contributed by atoms with van der Waals surface area (Å²) in [5.74, 6) is -0.993. The average Bonchev–Trinajstić information content (AvgIpc) is 3.16. The molecular formula is C26H23N2O4S-. The fraction of sp³-hybridized carbons (Fsp3) is 0.192. The number of carbonyl (C=O) groups is 2. The van der Waals surface area contributed by atoms with Gasteiger partial charge in [0.2, 0.25) is 0 Å². The largest absolute Gasteiger partial charge is 0.548 e. The maximum Gasteiger partial charge on any atom is 0.279 e. The number of thiazole rings is 1. The van der Waals surface area contributed by atoms with Crippen molar-refractivity contribution in [2.45, 2.75) is 32.9 Å². The summed E-state index contributed by atoms with van der Waals surface area (Å²) in [4.78, 5) is 29.3. The van der Waals surface area contributed by atoms with E-state index in [2.05, 4.69) is 4.99 Å². The second-order valence-electron chi connectivity index (χ2n) is 7.68. The highest BCUT2D eigenvalue weighted by molar-refractivity contribution is 7.16. The summed E-state index contributed by atoms with van der Waals surface area (Å²) < 4.78 is 8.26. The number of hydrogen-bond donors (Lipinski definition) is 0. The van der Waals surface area contributed by atoms with Gasteiger partial charge in [-0.2, -0.15) is 4.99 Å². The number of rotatable bonds is 7. The molecule has 1 heterocycles. The maximum atomic E-state index is 12.8. The molecule has 0 bridgehead atoms. The van der Waals surface area contributed by atoms with Crippen molar-refractivity contribution >= 4 is 33.4 Å². The predicted molar refractivity (Wildman–Crippen MR) is 126 cm³/mol. The highest BCUT2D eigenvalue weighted by atomic mass is 32.1. The van der Waals surface area contributed by atoms with Crippen LogP contribution in [0.25, 0.3) is 10.2 Å². The number of amides is 1. The molecule has 33 heavy (non-hydrogen) atoms. The SMILES string of the molecule is CCC(C(=O)[O-])n1c(=NC(=O)c2ccc(C)cc2)sc2cc(OCc3ccccc3)ccc21.